The lowest BCUT2D eigenvalue weighted by Gasteiger charge is -2.30. The lowest BCUT2D eigenvalue weighted by atomic mass is 10.0. The van der Waals surface area contributed by atoms with E-state index in [2.05, 4.69) is 5.32 Å². The molecule has 0 spiro atoms. The average Bonchev–Trinajstić information content (AvgIpc) is 3.46. The van der Waals surface area contributed by atoms with E-state index in [0.29, 0.717) is 46.7 Å². The second-order valence-corrected chi connectivity index (χ2v) is 11.9. The number of furan rings is 1. The molecule has 2 aliphatic rings. The molecule has 0 amide bonds. The maximum absolute atomic E-state index is 13.2. The van der Waals surface area contributed by atoms with Gasteiger partial charge in [0.2, 0.25) is 10.0 Å². The molecular formula is C29H27FN2O6S. The summed E-state index contributed by atoms with van der Waals surface area (Å²) in [5.41, 5.74) is 2.26. The van der Waals surface area contributed by atoms with Crippen LogP contribution in [0.15, 0.2) is 65.1 Å². The Morgan fingerprint density at radius 1 is 1.05 bits per heavy atom. The Bertz CT molecular complexity index is 1650. The Balaban J connectivity index is 1.43. The van der Waals surface area contributed by atoms with E-state index >= 15 is 0 Å². The molecule has 10 heteroatoms. The highest BCUT2D eigenvalue weighted by Crippen LogP contribution is 2.48. The van der Waals surface area contributed by atoms with Crippen LogP contribution in [0.1, 0.15) is 41.1 Å². The van der Waals surface area contributed by atoms with Crippen LogP contribution >= 0.6 is 0 Å². The molecule has 1 aliphatic carbocycles. The number of aromatic carboxylic acids is 1. The van der Waals surface area contributed by atoms with Crippen molar-refractivity contribution in [2.24, 2.45) is 0 Å². The van der Waals surface area contributed by atoms with Crippen molar-refractivity contribution in [3.05, 3.63) is 77.6 Å². The molecule has 8 nitrogen and oxygen atoms in total. The molecule has 39 heavy (non-hydrogen) atoms. The molecule has 3 aromatic carbocycles. The molecule has 1 unspecified atom stereocenters. The van der Waals surface area contributed by atoms with Crippen LogP contribution in [-0.2, 0) is 10.0 Å². The monoisotopic (exact) mass is 550 g/mol. The first-order valence-electron chi connectivity index (χ1n) is 12.8. The lowest BCUT2D eigenvalue weighted by molar-refractivity contribution is 0.0699. The van der Waals surface area contributed by atoms with Crippen molar-refractivity contribution in [2.45, 2.75) is 31.2 Å². The number of nitrogens with zero attached hydrogens (tertiary/aromatic N) is 1. The van der Waals surface area contributed by atoms with Gasteiger partial charge in [0.05, 0.1) is 18.0 Å². The Morgan fingerprint density at radius 2 is 1.72 bits per heavy atom. The molecule has 1 saturated heterocycles. The van der Waals surface area contributed by atoms with Gasteiger partial charge in [0.1, 0.15) is 34.2 Å². The van der Waals surface area contributed by atoms with Gasteiger partial charge in [-0.3, -0.25) is 4.31 Å². The van der Waals surface area contributed by atoms with E-state index in [1.54, 1.807) is 36.4 Å². The highest BCUT2D eigenvalue weighted by molar-refractivity contribution is 7.92. The number of halogens is 1. The fraction of sp³-hybridized carbons (Fsp3) is 0.276. The number of anilines is 1. The summed E-state index contributed by atoms with van der Waals surface area (Å²) in [6.07, 6.45) is 3.73. The van der Waals surface area contributed by atoms with Crippen LogP contribution in [0.4, 0.5) is 10.1 Å². The molecule has 0 radical (unpaired) electrons. The summed E-state index contributed by atoms with van der Waals surface area (Å²) in [4.78, 5) is 12.5. The van der Waals surface area contributed by atoms with Crippen molar-refractivity contribution in [3.63, 3.8) is 0 Å². The number of hydrogen-bond donors (Lipinski definition) is 2. The van der Waals surface area contributed by atoms with Gasteiger partial charge >= 0.3 is 5.97 Å². The molecule has 1 saturated carbocycles. The summed E-state index contributed by atoms with van der Waals surface area (Å²) < 4.78 is 52.5. The topological polar surface area (TPSA) is 109 Å². The molecule has 4 aromatic rings. The van der Waals surface area contributed by atoms with Crippen molar-refractivity contribution < 1.29 is 31.9 Å². The summed E-state index contributed by atoms with van der Waals surface area (Å²) in [7, 11) is -3.60. The fourth-order valence-electron chi connectivity index (χ4n) is 5.28. The molecule has 2 fully saturated rings. The average molecular weight is 551 g/mol. The molecule has 0 bridgehead atoms. The van der Waals surface area contributed by atoms with Crippen molar-refractivity contribution in [2.75, 3.05) is 23.7 Å². The number of carboxylic acids is 1. The van der Waals surface area contributed by atoms with Crippen LogP contribution in [0.2, 0.25) is 0 Å². The van der Waals surface area contributed by atoms with Crippen molar-refractivity contribution in [3.8, 4) is 22.8 Å². The zero-order valence-corrected chi connectivity index (χ0v) is 22.0. The van der Waals surface area contributed by atoms with E-state index < -0.39 is 16.0 Å². The molecule has 2 heterocycles. The number of hydrogen-bond acceptors (Lipinski definition) is 6. The highest BCUT2D eigenvalue weighted by atomic mass is 32.2. The number of fused-ring (bicyclic) bond motifs is 1. The summed E-state index contributed by atoms with van der Waals surface area (Å²) in [6, 6.07) is 15.6. The molecule has 1 aliphatic heterocycles. The standard InChI is InChI=1S/C29H27FN2O6S/c1-39(35,36)32(20-12-13-31-16-20)25-15-26-24(14-23(25)17-2-3-17)27(29(33)34)28(38-26)18-4-8-21(9-5-18)37-22-10-6-19(30)7-11-22/h4-11,14-15,17,20,31H,2-3,12-13,16H2,1H3,(H,33,34). The van der Waals surface area contributed by atoms with E-state index in [4.69, 9.17) is 9.15 Å². The van der Waals surface area contributed by atoms with Crippen LogP contribution in [0.5, 0.6) is 11.5 Å². The van der Waals surface area contributed by atoms with E-state index in [9.17, 15) is 22.7 Å². The van der Waals surface area contributed by atoms with Gasteiger partial charge in [-0.15, -0.1) is 0 Å². The number of nitrogens with one attached hydrogen (secondary N) is 1. The quantitative estimate of drug-likeness (QED) is 0.288. The molecule has 6 rings (SSSR count). The van der Waals surface area contributed by atoms with Crippen LogP contribution in [0.3, 0.4) is 0 Å². The minimum absolute atomic E-state index is 0.0269. The summed E-state index contributed by atoms with van der Waals surface area (Å²) in [5, 5.41) is 13.9. The second kappa shape index (κ2) is 9.69. The third kappa shape index (κ3) is 4.97. The second-order valence-electron chi connectivity index (χ2n) is 10.1. The molecule has 2 N–H and O–H groups in total. The fourth-order valence-corrected chi connectivity index (χ4v) is 6.51. The third-order valence-corrected chi connectivity index (χ3v) is 8.40. The summed E-state index contributed by atoms with van der Waals surface area (Å²) in [6.45, 7) is 1.28. The van der Waals surface area contributed by atoms with Crippen LogP contribution < -0.4 is 14.4 Å². The number of rotatable bonds is 8. The van der Waals surface area contributed by atoms with Gasteiger partial charge in [0.25, 0.3) is 0 Å². The van der Waals surface area contributed by atoms with Crippen LogP contribution in [-0.4, -0.2) is 44.9 Å². The van der Waals surface area contributed by atoms with Gasteiger partial charge in [0, 0.05) is 23.6 Å². The SMILES string of the molecule is CS(=O)(=O)N(c1cc2oc(-c3ccc(Oc4ccc(F)cc4)cc3)c(C(=O)O)c2cc1C1CC1)C1CCNC1. The Morgan fingerprint density at radius 3 is 2.28 bits per heavy atom. The van der Waals surface area contributed by atoms with Gasteiger partial charge in [0.15, 0.2) is 0 Å². The van der Waals surface area contributed by atoms with Gasteiger partial charge in [-0.25, -0.2) is 17.6 Å². The Hall–Kier alpha value is -3.89. The zero-order chi connectivity index (χ0) is 27.3. The van der Waals surface area contributed by atoms with E-state index in [1.807, 2.05) is 0 Å². The maximum Gasteiger partial charge on any atom is 0.340 e. The Kier molecular flexibility index (Phi) is 6.31. The molecule has 1 atom stereocenters. The van der Waals surface area contributed by atoms with E-state index in [1.165, 1.54) is 34.8 Å². The minimum Gasteiger partial charge on any atom is -0.478 e. The first kappa shape index (κ1) is 25.4. The zero-order valence-electron chi connectivity index (χ0n) is 21.2. The Labute approximate surface area is 225 Å². The molecular weight excluding hydrogens is 523 g/mol. The predicted molar refractivity (Wildman–Crippen MR) is 146 cm³/mol. The minimum atomic E-state index is -3.60. The lowest BCUT2D eigenvalue weighted by Crippen LogP contribution is -2.41. The number of sulfonamides is 1. The van der Waals surface area contributed by atoms with Gasteiger partial charge in [-0.05, 0) is 91.9 Å². The number of ether oxygens (including phenoxy) is 1. The third-order valence-electron chi connectivity index (χ3n) is 7.19. The van der Waals surface area contributed by atoms with E-state index in [-0.39, 0.29) is 29.1 Å². The predicted octanol–water partition coefficient (Wildman–Crippen LogP) is 5.73. The van der Waals surface area contributed by atoms with Crippen molar-refractivity contribution >= 4 is 32.6 Å². The van der Waals surface area contributed by atoms with Gasteiger partial charge in [-0.1, -0.05) is 0 Å². The largest absolute Gasteiger partial charge is 0.478 e. The highest BCUT2D eigenvalue weighted by Gasteiger charge is 2.36. The van der Waals surface area contributed by atoms with Gasteiger partial charge < -0.3 is 19.6 Å². The smallest absolute Gasteiger partial charge is 0.340 e. The van der Waals surface area contributed by atoms with Crippen molar-refractivity contribution in [1.29, 1.82) is 0 Å². The number of benzene rings is 3. The summed E-state index contributed by atoms with van der Waals surface area (Å²) in [5.74, 6) is -0.192. The number of carboxylic acid groups (broad SMARTS) is 1. The first-order chi connectivity index (χ1) is 18.7. The maximum atomic E-state index is 13.2. The first-order valence-corrected chi connectivity index (χ1v) is 14.6. The number of carbonyl (C=O) groups is 1. The van der Waals surface area contributed by atoms with Crippen LogP contribution in [0, 0.1) is 5.82 Å². The molecule has 1 aromatic heterocycles. The normalized spacial score (nSPS) is 17.4. The van der Waals surface area contributed by atoms with Gasteiger partial charge in [-0.2, -0.15) is 0 Å². The van der Waals surface area contributed by atoms with Crippen molar-refractivity contribution in [1.82, 2.24) is 5.32 Å². The van der Waals surface area contributed by atoms with Crippen LogP contribution in [0.25, 0.3) is 22.3 Å². The summed E-state index contributed by atoms with van der Waals surface area (Å²) >= 11 is 0. The molecule has 202 valence electrons. The van der Waals surface area contributed by atoms with E-state index in [0.717, 1.165) is 24.9 Å².